The molecule has 0 radical (unpaired) electrons. The summed E-state index contributed by atoms with van der Waals surface area (Å²) in [4.78, 5) is 12.3. The van der Waals surface area contributed by atoms with Gasteiger partial charge in [-0.2, -0.15) is 0 Å². The lowest BCUT2D eigenvalue weighted by atomic mass is 10.0. The van der Waals surface area contributed by atoms with E-state index < -0.39 is 21.9 Å². The van der Waals surface area contributed by atoms with Gasteiger partial charge >= 0.3 is 0 Å². The van der Waals surface area contributed by atoms with Gasteiger partial charge in [0.2, 0.25) is 0 Å². The fraction of sp³-hybridized carbons (Fsp3) is 0.278. The van der Waals surface area contributed by atoms with Gasteiger partial charge in [0.15, 0.2) is 0 Å². The van der Waals surface area contributed by atoms with E-state index in [4.69, 9.17) is 10.9 Å². The van der Waals surface area contributed by atoms with Gasteiger partial charge in [-0.3, -0.25) is 4.79 Å². The Morgan fingerprint density at radius 1 is 1.16 bits per heavy atom. The maximum absolute atomic E-state index is 13.4. The van der Waals surface area contributed by atoms with E-state index in [1.165, 1.54) is 18.2 Å². The monoisotopic (exact) mass is 363 g/mol. The predicted molar refractivity (Wildman–Crippen MR) is 97.3 cm³/mol. The summed E-state index contributed by atoms with van der Waals surface area (Å²) < 4.78 is 29.7. The molecule has 0 aliphatic heterocycles. The first-order valence-electron chi connectivity index (χ1n) is 7.89. The molecule has 1 amide bonds. The van der Waals surface area contributed by atoms with Crippen LogP contribution in [0, 0.1) is 11.7 Å². The molecule has 2 aromatic carbocycles. The molecule has 0 aliphatic carbocycles. The highest BCUT2D eigenvalue weighted by Gasteiger charge is 2.18. The number of rotatable bonds is 5. The van der Waals surface area contributed by atoms with Gasteiger partial charge in [-0.05, 0) is 47.7 Å². The summed E-state index contributed by atoms with van der Waals surface area (Å²) in [5.41, 5.74) is 7.01. The molecule has 0 bridgehead atoms. The molecule has 0 aromatic heterocycles. The van der Waals surface area contributed by atoms with Gasteiger partial charge in [0.05, 0.1) is 10.9 Å². The van der Waals surface area contributed by atoms with Gasteiger partial charge < -0.3 is 5.73 Å². The Bertz CT molecular complexity index is 889. The van der Waals surface area contributed by atoms with E-state index in [9.17, 15) is 13.4 Å². The van der Waals surface area contributed by atoms with Crippen LogP contribution in [-0.4, -0.2) is 16.2 Å². The number of benzene rings is 2. The minimum Gasteiger partial charge on any atom is -0.320 e. The van der Waals surface area contributed by atoms with Crippen LogP contribution in [0.2, 0.25) is 0 Å². The summed E-state index contributed by atoms with van der Waals surface area (Å²) in [6.45, 7) is 3.85. The Hall–Kier alpha value is -2.09. The lowest BCUT2D eigenvalue weighted by molar-refractivity contribution is -0.119. The number of nitrogens with zero attached hydrogens (tertiary/aromatic N) is 1. The van der Waals surface area contributed by atoms with E-state index in [0.717, 1.165) is 0 Å². The molecule has 0 saturated carbocycles. The summed E-state index contributed by atoms with van der Waals surface area (Å²) in [6.07, 6.45) is 0.432. The average Bonchev–Trinajstić information content (AvgIpc) is 2.54. The topological polar surface area (TPSA) is 98.5 Å². The van der Waals surface area contributed by atoms with Crippen molar-refractivity contribution < 1.29 is 13.4 Å². The van der Waals surface area contributed by atoms with E-state index in [1.54, 1.807) is 30.3 Å². The van der Waals surface area contributed by atoms with Crippen molar-refractivity contribution in [2.45, 2.75) is 31.2 Å². The zero-order chi connectivity index (χ0) is 18.6. The molecular weight excluding hydrogens is 341 g/mol. The Balaban J connectivity index is 2.37. The van der Waals surface area contributed by atoms with Gasteiger partial charge in [0, 0.05) is 0 Å². The van der Waals surface area contributed by atoms with Crippen molar-refractivity contribution in [3.05, 3.63) is 54.3 Å². The zero-order valence-corrected chi connectivity index (χ0v) is 15.0. The Morgan fingerprint density at radius 3 is 2.36 bits per heavy atom. The van der Waals surface area contributed by atoms with Crippen molar-refractivity contribution >= 4 is 15.8 Å². The largest absolute Gasteiger partial charge is 0.320 e. The molecule has 2 atom stereocenters. The standard InChI is InChI=1S/C18H22FN3O2S/c1-12(2)9-17(20)18(23)22-25(21,24)16-8-4-6-14(11-16)13-5-3-7-15(19)10-13/h3-8,10-12,17H,9,20H2,1-2H3,(H2,21,22,23,24). The van der Waals surface area contributed by atoms with Crippen LogP contribution in [0.3, 0.4) is 0 Å². The summed E-state index contributed by atoms with van der Waals surface area (Å²) in [5, 5.41) is 5.80. The van der Waals surface area contributed by atoms with Crippen molar-refractivity contribution in [3.8, 4) is 11.1 Å². The Kier molecular flexibility index (Phi) is 6.05. The lowest BCUT2D eigenvalue weighted by Gasteiger charge is -2.11. The van der Waals surface area contributed by atoms with E-state index in [0.29, 0.717) is 17.5 Å². The van der Waals surface area contributed by atoms with E-state index in [2.05, 4.69) is 4.36 Å². The number of nitrogens with two attached hydrogens (primary N) is 2. The van der Waals surface area contributed by atoms with Gasteiger partial charge in [0.25, 0.3) is 5.91 Å². The van der Waals surface area contributed by atoms with E-state index in [-0.39, 0.29) is 16.6 Å². The van der Waals surface area contributed by atoms with Crippen molar-refractivity contribution in [2.75, 3.05) is 0 Å². The quantitative estimate of drug-likeness (QED) is 0.854. The highest BCUT2D eigenvalue weighted by molar-refractivity contribution is 7.91. The number of carbonyl (C=O) groups excluding carboxylic acids is 1. The molecule has 0 aliphatic rings. The van der Waals surface area contributed by atoms with E-state index >= 15 is 0 Å². The molecule has 2 aromatic rings. The van der Waals surface area contributed by atoms with Crippen LogP contribution < -0.4 is 10.9 Å². The number of amides is 1. The number of hydrogen-bond donors (Lipinski definition) is 2. The average molecular weight is 363 g/mol. The fourth-order valence-corrected chi connectivity index (χ4v) is 3.47. The van der Waals surface area contributed by atoms with Crippen LogP contribution in [0.1, 0.15) is 20.3 Å². The van der Waals surface area contributed by atoms with Gasteiger partial charge in [-0.25, -0.2) is 13.7 Å². The smallest absolute Gasteiger partial charge is 0.271 e. The van der Waals surface area contributed by atoms with Crippen LogP contribution in [0.4, 0.5) is 4.39 Å². The molecule has 5 nitrogen and oxygen atoms in total. The third-order valence-electron chi connectivity index (χ3n) is 3.60. The van der Waals surface area contributed by atoms with E-state index in [1.807, 2.05) is 13.8 Å². The first-order chi connectivity index (χ1) is 11.7. The third kappa shape index (κ3) is 5.19. The van der Waals surface area contributed by atoms with Crippen LogP contribution in [-0.2, 0) is 14.7 Å². The highest BCUT2D eigenvalue weighted by atomic mass is 32.2. The minimum atomic E-state index is -3.43. The van der Waals surface area contributed by atoms with Crippen molar-refractivity contribution in [2.24, 2.45) is 21.2 Å². The number of halogens is 1. The van der Waals surface area contributed by atoms with Crippen molar-refractivity contribution in [1.82, 2.24) is 0 Å². The highest BCUT2D eigenvalue weighted by Crippen LogP contribution is 2.23. The SMILES string of the molecule is CC(C)CC(N)C(=O)N=S(N)(=O)c1cccc(-c2cccc(F)c2)c1. The molecule has 0 heterocycles. The van der Waals surface area contributed by atoms with Crippen LogP contribution in [0.15, 0.2) is 57.8 Å². The number of hydrogen-bond acceptors (Lipinski definition) is 3. The van der Waals surface area contributed by atoms with Crippen LogP contribution in [0.5, 0.6) is 0 Å². The molecule has 2 unspecified atom stereocenters. The molecule has 4 N–H and O–H groups in total. The second kappa shape index (κ2) is 7.86. The first kappa shape index (κ1) is 19.2. The summed E-state index contributed by atoms with van der Waals surface area (Å²) in [5.74, 6) is -0.854. The van der Waals surface area contributed by atoms with Gasteiger partial charge in [-0.1, -0.05) is 38.1 Å². The Morgan fingerprint density at radius 2 is 1.76 bits per heavy atom. The molecule has 25 heavy (non-hydrogen) atoms. The molecule has 2 rings (SSSR count). The van der Waals surface area contributed by atoms with Gasteiger partial charge in [0.1, 0.15) is 15.7 Å². The van der Waals surface area contributed by atoms with Crippen LogP contribution in [0.25, 0.3) is 11.1 Å². The summed E-state index contributed by atoms with van der Waals surface area (Å²) >= 11 is 0. The lowest BCUT2D eigenvalue weighted by Crippen LogP contribution is -2.32. The second-order valence-corrected chi connectivity index (χ2v) is 8.06. The molecule has 0 fully saturated rings. The summed E-state index contributed by atoms with van der Waals surface area (Å²) in [7, 11) is -3.43. The first-order valence-corrected chi connectivity index (χ1v) is 9.47. The predicted octanol–water partition coefficient (Wildman–Crippen LogP) is 3.09. The zero-order valence-electron chi connectivity index (χ0n) is 14.2. The molecule has 0 spiro atoms. The maximum Gasteiger partial charge on any atom is 0.271 e. The normalized spacial score (nSPS) is 14.8. The fourth-order valence-electron chi connectivity index (χ4n) is 2.39. The minimum absolute atomic E-state index is 0.194. The second-order valence-electron chi connectivity index (χ2n) is 6.27. The van der Waals surface area contributed by atoms with Crippen molar-refractivity contribution in [1.29, 1.82) is 0 Å². The molecule has 0 saturated heterocycles. The molecular formula is C18H22FN3O2S. The van der Waals surface area contributed by atoms with Crippen LogP contribution >= 0.6 is 0 Å². The molecule has 134 valence electrons. The van der Waals surface area contributed by atoms with Gasteiger partial charge in [-0.15, -0.1) is 4.36 Å². The molecule has 7 heteroatoms. The van der Waals surface area contributed by atoms with Crippen molar-refractivity contribution in [3.63, 3.8) is 0 Å². The number of carbonyl (C=O) groups is 1. The maximum atomic E-state index is 13.4. The third-order valence-corrected chi connectivity index (χ3v) is 4.98. The Labute approximate surface area is 147 Å². The summed E-state index contributed by atoms with van der Waals surface area (Å²) in [6, 6.07) is 11.6.